The SMILES string of the molecule is O=C(c1cccc(S(=O)(=O)Nc2cccc(Cl)c2)c1)N1CCCCCC1. The van der Waals surface area contributed by atoms with Gasteiger partial charge in [-0.05, 0) is 49.2 Å². The van der Waals surface area contributed by atoms with E-state index in [2.05, 4.69) is 4.72 Å². The molecule has 26 heavy (non-hydrogen) atoms. The van der Waals surface area contributed by atoms with Crippen LogP contribution in [0.3, 0.4) is 0 Å². The van der Waals surface area contributed by atoms with Gasteiger partial charge in [0, 0.05) is 23.7 Å². The van der Waals surface area contributed by atoms with Gasteiger partial charge in [0.05, 0.1) is 10.6 Å². The lowest BCUT2D eigenvalue weighted by molar-refractivity contribution is 0.0761. The van der Waals surface area contributed by atoms with Gasteiger partial charge in [-0.25, -0.2) is 8.42 Å². The summed E-state index contributed by atoms with van der Waals surface area (Å²) in [5, 5.41) is 0.440. The fraction of sp³-hybridized carbons (Fsp3) is 0.316. The van der Waals surface area contributed by atoms with Crippen molar-refractivity contribution in [3.8, 4) is 0 Å². The van der Waals surface area contributed by atoms with Crippen LogP contribution in [0.2, 0.25) is 5.02 Å². The highest BCUT2D eigenvalue weighted by Crippen LogP contribution is 2.21. The minimum atomic E-state index is -3.80. The third-order valence-corrected chi connectivity index (χ3v) is 5.98. The molecule has 7 heteroatoms. The number of benzene rings is 2. The maximum absolute atomic E-state index is 12.7. The Balaban J connectivity index is 1.82. The van der Waals surface area contributed by atoms with E-state index in [9.17, 15) is 13.2 Å². The molecule has 0 aromatic heterocycles. The molecule has 1 heterocycles. The van der Waals surface area contributed by atoms with E-state index in [1.807, 2.05) is 4.90 Å². The Morgan fingerprint density at radius 3 is 2.35 bits per heavy atom. The number of sulfonamides is 1. The largest absolute Gasteiger partial charge is 0.339 e. The van der Waals surface area contributed by atoms with Crippen molar-refractivity contribution in [3.63, 3.8) is 0 Å². The van der Waals surface area contributed by atoms with Crippen LogP contribution in [0, 0.1) is 0 Å². The Kier molecular flexibility index (Phi) is 5.84. The number of likely N-dealkylation sites (tertiary alicyclic amines) is 1. The molecule has 0 unspecified atom stereocenters. The monoisotopic (exact) mass is 392 g/mol. The average molecular weight is 393 g/mol. The topological polar surface area (TPSA) is 66.5 Å². The summed E-state index contributed by atoms with van der Waals surface area (Å²) in [6, 6.07) is 12.6. The van der Waals surface area contributed by atoms with Gasteiger partial charge in [0.15, 0.2) is 0 Å². The zero-order valence-corrected chi connectivity index (χ0v) is 15.9. The Hall–Kier alpha value is -2.05. The maximum atomic E-state index is 12.7. The van der Waals surface area contributed by atoms with Crippen LogP contribution in [0.5, 0.6) is 0 Å². The van der Waals surface area contributed by atoms with E-state index in [1.165, 1.54) is 18.2 Å². The number of hydrogen-bond donors (Lipinski definition) is 1. The minimum absolute atomic E-state index is 0.0538. The molecule has 1 amide bonds. The number of amides is 1. The molecular weight excluding hydrogens is 372 g/mol. The molecule has 2 aromatic carbocycles. The number of halogens is 1. The molecular formula is C19H21ClN2O3S. The van der Waals surface area contributed by atoms with Crippen LogP contribution >= 0.6 is 11.6 Å². The summed E-state index contributed by atoms with van der Waals surface area (Å²) in [6.07, 6.45) is 4.23. The van der Waals surface area contributed by atoms with Gasteiger partial charge in [-0.3, -0.25) is 9.52 Å². The van der Waals surface area contributed by atoms with Gasteiger partial charge in [-0.15, -0.1) is 0 Å². The average Bonchev–Trinajstić information content (AvgIpc) is 2.90. The summed E-state index contributed by atoms with van der Waals surface area (Å²) in [5.41, 5.74) is 0.766. The van der Waals surface area contributed by atoms with Crippen LogP contribution < -0.4 is 4.72 Å². The van der Waals surface area contributed by atoms with Crippen LogP contribution in [0.15, 0.2) is 53.4 Å². The Morgan fingerprint density at radius 2 is 1.65 bits per heavy atom. The summed E-state index contributed by atoms with van der Waals surface area (Å²) >= 11 is 5.90. The summed E-state index contributed by atoms with van der Waals surface area (Å²) in [6.45, 7) is 1.44. The first-order chi connectivity index (χ1) is 12.5. The number of nitrogens with one attached hydrogen (secondary N) is 1. The van der Waals surface area contributed by atoms with E-state index in [4.69, 9.17) is 11.6 Å². The van der Waals surface area contributed by atoms with Gasteiger partial charge in [0.25, 0.3) is 15.9 Å². The number of carbonyl (C=O) groups excluding carboxylic acids is 1. The predicted molar refractivity (Wildman–Crippen MR) is 103 cm³/mol. The smallest absolute Gasteiger partial charge is 0.261 e. The Bertz CT molecular complexity index is 891. The highest BCUT2D eigenvalue weighted by atomic mass is 35.5. The molecule has 0 atom stereocenters. The lowest BCUT2D eigenvalue weighted by Gasteiger charge is -2.20. The van der Waals surface area contributed by atoms with E-state index < -0.39 is 10.0 Å². The van der Waals surface area contributed by atoms with E-state index in [0.717, 1.165) is 38.8 Å². The molecule has 1 aliphatic heterocycles. The minimum Gasteiger partial charge on any atom is -0.339 e. The van der Waals surface area contributed by atoms with E-state index in [1.54, 1.807) is 30.3 Å². The summed E-state index contributed by atoms with van der Waals surface area (Å²) in [4.78, 5) is 14.6. The van der Waals surface area contributed by atoms with Crippen molar-refractivity contribution in [2.24, 2.45) is 0 Å². The number of carbonyl (C=O) groups is 1. The molecule has 0 aliphatic carbocycles. The fourth-order valence-corrected chi connectivity index (χ4v) is 4.30. The Morgan fingerprint density at radius 1 is 0.962 bits per heavy atom. The predicted octanol–water partition coefficient (Wildman–Crippen LogP) is 4.16. The van der Waals surface area contributed by atoms with Gasteiger partial charge in [0.1, 0.15) is 0 Å². The van der Waals surface area contributed by atoms with Crippen LogP contribution in [-0.4, -0.2) is 32.3 Å². The molecule has 0 spiro atoms. The lowest BCUT2D eigenvalue weighted by Crippen LogP contribution is -2.32. The third-order valence-electron chi connectivity index (χ3n) is 4.36. The summed E-state index contributed by atoms with van der Waals surface area (Å²) in [7, 11) is -3.80. The molecule has 1 aliphatic rings. The van der Waals surface area contributed by atoms with Crippen LogP contribution in [0.25, 0.3) is 0 Å². The molecule has 1 saturated heterocycles. The second kappa shape index (κ2) is 8.10. The zero-order valence-electron chi connectivity index (χ0n) is 14.3. The second-order valence-electron chi connectivity index (χ2n) is 6.35. The van der Waals surface area contributed by atoms with Crippen molar-refractivity contribution in [1.29, 1.82) is 0 Å². The van der Waals surface area contributed by atoms with Crippen molar-refractivity contribution >= 4 is 33.2 Å². The number of rotatable bonds is 4. The fourth-order valence-electron chi connectivity index (χ4n) is 3.02. The molecule has 0 bridgehead atoms. The molecule has 3 rings (SSSR count). The van der Waals surface area contributed by atoms with Gasteiger partial charge in [0.2, 0.25) is 0 Å². The summed E-state index contributed by atoms with van der Waals surface area (Å²) < 4.78 is 27.8. The standard InChI is InChI=1S/C19H21ClN2O3S/c20-16-8-6-9-17(14-16)21-26(24,25)18-10-5-7-15(13-18)19(23)22-11-3-1-2-4-12-22/h5-10,13-14,21H,1-4,11-12H2. The molecule has 1 N–H and O–H groups in total. The van der Waals surface area contributed by atoms with Crippen LogP contribution in [0.4, 0.5) is 5.69 Å². The summed E-state index contributed by atoms with van der Waals surface area (Å²) in [5.74, 6) is -0.119. The Labute approximate surface area is 159 Å². The van der Waals surface area contributed by atoms with Crippen molar-refractivity contribution in [2.75, 3.05) is 17.8 Å². The highest BCUT2D eigenvalue weighted by Gasteiger charge is 2.20. The van der Waals surface area contributed by atoms with Crippen molar-refractivity contribution < 1.29 is 13.2 Å². The van der Waals surface area contributed by atoms with Gasteiger partial charge >= 0.3 is 0 Å². The number of nitrogens with zero attached hydrogens (tertiary/aromatic N) is 1. The molecule has 2 aromatic rings. The first kappa shape index (κ1) is 18.7. The quantitative estimate of drug-likeness (QED) is 0.849. The van der Waals surface area contributed by atoms with Crippen molar-refractivity contribution in [1.82, 2.24) is 4.90 Å². The van der Waals surface area contributed by atoms with E-state index in [0.29, 0.717) is 16.3 Å². The maximum Gasteiger partial charge on any atom is 0.261 e. The molecule has 0 radical (unpaired) electrons. The molecule has 138 valence electrons. The van der Waals surface area contributed by atoms with E-state index in [-0.39, 0.29) is 10.8 Å². The lowest BCUT2D eigenvalue weighted by atomic mass is 10.2. The van der Waals surface area contributed by atoms with Gasteiger partial charge in [-0.1, -0.05) is 36.6 Å². The van der Waals surface area contributed by atoms with Gasteiger partial charge < -0.3 is 4.90 Å². The van der Waals surface area contributed by atoms with Crippen LogP contribution in [-0.2, 0) is 10.0 Å². The van der Waals surface area contributed by atoms with Gasteiger partial charge in [-0.2, -0.15) is 0 Å². The third kappa shape index (κ3) is 4.56. The first-order valence-corrected chi connectivity index (χ1v) is 10.5. The van der Waals surface area contributed by atoms with Crippen molar-refractivity contribution in [2.45, 2.75) is 30.6 Å². The number of hydrogen-bond acceptors (Lipinski definition) is 3. The molecule has 5 nitrogen and oxygen atoms in total. The molecule has 1 fully saturated rings. The highest BCUT2D eigenvalue weighted by molar-refractivity contribution is 7.92. The normalized spacial score (nSPS) is 15.3. The van der Waals surface area contributed by atoms with E-state index >= 15 is 0 Å². The van der Waals surface area contributed by atoms with Crippen molar-refractivity contribution in [3.05, 3.63) is 59.1 Å². The number of anilines is 1. The molecule has 0 saturated carbocycles. The second-order valence-corrected chi connectivity index (χ2v) is 8.47. The van der Waals surface area contributed by atoms with Crippen LogP contribution in [0.1, 0.15) is 36.0 Å². The zero-order chi connectivity index (χ0) is 18.6. The first-order valence-electron chi connectivity index (χ1n) is 8.63.